The minimum atomic E-state index is -4.29. The van der Waals surface area contributed by atoms with Gasteiger partial charge < -0.3 is 4.43 Å². The van der Waals surface area contributed by atoms with Crippen LogP contribution in [0.4, 0.5) is 13.2 Å². The summed E-state index contributed by atoms with van der Waals surface area (Å²) in [7, 11) is -1.68. The number of hydrogen-bond donors (Lipinski definition) is 0. The maximum absolute atomic E-state index is 11.8. The Morgan fingerprint density at radius 1 is 1.05 bits per heavy atom. The van der Waals surface area contributed by atoms with Crippen LogP contribution in [0.3, 0.4) is 0 Å². The zero-order chi connectivity index (χ0) is 15.2. The van der Waals surface area contributed by atoms with Gasteiger partial charge in [-0.1, -0.05) is 20.8 Å². The Kier molecular flexibility index (Phi) is 7.29. The van der Waals surface area contributed by atoms with Crippen LogP contribution in [0.1, 0.15) is 40.0 Å². The van der Waals surface area contributed by atoms with Crippen LogP contribution in [0.15, 0.2) is 4.99 Å². The van der Waals surface area contributed by atoms with Crippen LogP contribution in [-0.2, 0) is 4.43 Å². The van der Waals surface area contributed by atoms with E-state index in [1.165, 1.54) is 0 Å². The summed E-state index contributed by atoms with van der Waals surface area (Å²) in [6, 6.07) is 0. The van der Waals surface area contributed by atoms with Crippen molar-refractivity contribution in [3.63, 3.8) is 0 Å². The zero-order valence-electron chi connectivity index (χ0n) is 12.6. The fourth-order valence-electron chi connectivity index (χ4n) is 1.19. The highest BCUT2D eigenvalue weighted by molar-refractivity contribution is 6.74. The molecule has 0 amide bonds. The molecule has 2 nitrogen and oxygen atoms in total. The molecule has 0 bridgehead atoms. The molecule has 0 saturated carbocycles. The molecule has 0 saturated heterocycles. The summed E-state index contributed by atoms with van der Waals surface area (Å²) in [5, 5.41) is 0.198. The van der Waals surface area contributed by atoms with Crippen LogP contribution in [0, 0.1) is 0 Å². The Labute approximate surface area is 115 Å². The van der Waals surface area contributed by atoms with Crippen molar-refractivity contribution < 1.29 is 17.6 Å². The second-order valence-electron chi connectivity index (χ2n) is 6.25. The summed E-state index contributed by atoms with van der Waals surface area (Å²) in [6.07, 6.45) is -1.81. The maximum Gasteiger partial charge on any atom is 0.426 e. The van der Waals surface area contributed by atoms with Gasteiger partial charge in [0.2, 0.25) is 0 Å². The molecular formula is C13H26F3NOSi. The third-order valence-corrected chi connectivity index (χ3v) is 7.98. The lowest BCUT2D eigenvalue weighted by Crippen LogP contribution is -2.40. The van der Waals surface area contributed by atoms with Crippen LogP contribution in [0.5, 0.6) is 0 Å². The molecule has 0 aliphatic carbocycles. The number of hydrogen-bond acceptors (Lipinski definition) is 2. The van der Waals surface area contributed by atoms with Crippen LogP contribution in [0.2, 0.25) is 18.1 Å². The Balaban J connectivity index is 3.65. The van der Waals surface area contributed by atoms with Gasteiger partial charge in [-0.05, 0) is 37.4 Å². The van der Waals surface area contributed by atoms with Crippen LogP contribution < -0.4 is 0 Å². The average molecular weight is 297 g/mol. The summed E-state index contributed by atoms with van der Waals surface area (Å²) in [5.74, 6) is 0. The number of halogens is 3. The molecule has 0 atom stereocenters. The van der Waals surface area contributed by atoms with Gasteiger partial charge in [-0.15, -0.1) is 0 Å². The van der Waals surface area contributed by atoms with Gasteiger partial charge in [0.05, 0.1) is 0 Å². The maximum atomic E-state index is 11.8. The minimum absolute atomic E-state index is 0.0686. The first-order valence-electron chi connectivity index (χ1n) is 6.67. The number of unbranched alkanes of at least 4 members (excludes halogenated alkanes) is 2. The summed E-state index contributed by atoms with van der Waals surface area (Å²) < 4.78 is 41.3. The minimum Gasteiger partial charge on any atom is -0.417 e. The standard InChI is InChI=1S/C13H26F3NOSi/c1-12(2,3)19(4,5)18-10-8-6-7-9-17-11-13(14,15)16/h11H,6-10H2,1-5H3. The summed E-state index contributed by atoms with van der Waals surface area (Å²) in [5.41, 5.74) is 0. The molecule has 0 aromatic heterocycles. The Morgan fingerprint density at radius 3 is 2.11 bits per heavy atom. The molecule has 114 valence electrons. The molecule has 0 N–H and O–H groups in total. The molecular weight excluding hydrogens is 271 g/mol. The number of rotatable bonds is 7. The van der Waals surface area contributed by atoms with E-state index < -0.39 is 14.5 Å². The van der Waals surface area contributed by atoms with Crippen molar-refractivity contribution in [2.75, 3.05) is 13.2 Å². The molecule has 6 heteroatoms. The largest absolute Gasteiger partial charge is 0.426 e. The van der Waals surface area contributed by atoms with Crippen molar-refractivity contribution in [1.29, 1.82) is 0 Å². The highest BCUT2D eigenvalue weighted by Gasteiger charge is 2.36. The molecule has 0 spiro atoms. The molecule has 0 fully saturated rings. The molecule has 0 aromatic carbocycles. The number of alkyl halides is 3. The zero-order valence-corrected chi connectivity index (χ0v) is 13.6. The van der Waals surface area contributed by atoms with Gasteiger partial charge in [-0.2, -0.15) is 13.2 Å². The van der Waals surface area contributed by atoms with Gasteiger partial charge in [-0.3, -0.25) is 4.99 Å². The van der Waals surface area contributed by atoms with E-state index in [0.29, 0.717) is 13.0 Å². The Morgan fingerprint density at radius 2 is 1.63 bits per heavy atom. The quantitative estimate of drug-likeness (QED) is 0.375. The first kappa shape index (κ1) is 18.6. The molecule has 0 heterocycles. The lowest BCUT2D eigenvalue weighted by molar-refractivity contribution is -0.0537. The topological polar surface area (TPSA) is 21.6 Å². The fraction of sp³-hybridized carbons (Fsp3) is 0.923. The smallest absolute Gasteiger partial charge is 0.417 e. The van der Waals surface area contributed by atoms with Crippen LogP contribution in [-0.4, -0.2) is 33.9 Å². The van der Waals surface area contributed by atoms with Crippen molar-refractivity contribution in [2.45, 2.75) is 64.3 Å². The lowest BCUT2D eigenvalue weighted by Gasteiger charge is -2.36. The van der Waals surface area contributed by atoms with Crippen molar-refractivity contribution in [3.8, 4) is 0 Å². The molecule has 0 aliphatic heterocycles. The molecule has 0 aromatic rings. The summed E-state index contributed by atoms with van der Waals surface area (Å²) >= 11 is 0. The predicted octanol–water partition coefficient (Wildman–Crippen LogP) is 4.81. The van der Waals surface area contributed by atoms with Gasteiger partial charge in [0, 0.05) is 13.2 Å². The van der Waals surface area contributed by atoms with E-state index in [2.05, 4.69) is 38.9 Å². The molecule has 0 radical (unpaired) electrons. The van der Waals surface area contributed by atoms with E-state index >= 15 is 0 Å². The monoisotopic (exact) mass is 297 g/mol. The van der Waals surface area contributed by atoms with Crippen LogP contribution >= 0.6 is 0 Å². The third kappa shape index (κ3) is 9.21. The first-order valence-corrected chi connectivity index (χ1v) is 9.58. The van der Waals surface area contributed by atoms with Gasteiger partial charge in [-0.25, -0.2) is 0 Å². The third-order valence-electron chi connectivity index (χ3n) is 3.44. The van der Waals surface area contributed by atoms with Crippen molar-refractivity contribution in [3.05, 3.63) is 0 Å². The molecule has 0 unspecified atom stereocenters. The van der Waals surface area contributed by atoms with Crippen molar-refractivity contribution in [1.82, 2.24) is 0 Å². The second kappa shape index (κ2) is 7.43. The van der Waals surface area contributed by atoms with Gasteiger partial charge in [0.25, 0.3) is 0 Å². The van der Waals surface area contributed by atoms with Crippen molar-refractivity contribution >= 4 is 14.5 Å². The van der Waals surface area contributed by atoms with E-state index in [1.807, 2.05) is 0 Å². The highest BCUT2D eigenvalue weighted by atomic mass is 28.4. The lowest BCUT2D eigenvalue weighted by atomic mass is 10.2. The molecule has 19 heavy (non-hydrogen) atoms. The summed E-state index contributed by atoms with van der Waals surface area (Å²) in [4.78, 5) is 3.35. The van der Waals surface area contributed by atoms with Gasteiger partial charge in [0.15, 0.2) is 8.32 Å². The average Bonchev–Trinajstić information content (AvgIpc) is 2.18. The molecule has 0 aliphatic rings. The van der Waals surface area contributed by atoms with E-state index in [9.17, 15) is 13.2 Å². The van der Waals surface area contributed by atoms with E-state index in [0.717, 1.165) is 12.8 Å². The predicted molar refractivity (Wildman–Crippen MR) is 76.4 cm³/mol. The summed E-state index contributed by atoms with van der Waals surface area (Å²) in [6.45, 7) is 11.9. The van der Waals surface area contributed by atoms with E-state index in [1.54, 1.807) is 0 Å². The van der Waals surface area contributed by atoms with E-state index in [-0.39, 0.29) is 17.8 Å². The number of nitrogens with zero attached hydrogens (tertiary/aromatic N) is 1. The first-order chi connectivity index (χ1) is 8.46. The van der Waals surface area contributed by atoms with Crippen molar-refractivity contribution in [2.24, 2.45) is 4.99 Å². The van der Waals surface area contributed by atoms with Gasteiger partial charge >= 0.3 is 6.18 Å². The second-order valence-corrected chi connectivity index (χ2v) is 11.1. The number of aliphatic imine (C=N–C) groups is 1. The normalized spacial score (nSPS) is 14.3. The Bertz CT molecular complexity index is 283. The van der Waals surface area contributed by atoms with Crippen LogP contribution in [0.25, 0.3) is 0 Å². The van der Waals surface area contributed by atoms with Gasteiger partial charge in [0.1, 0.15) is 6.21 Å². The fourth-order valence-corrected chi connectivity index (χ4v) is 2.28. The molecule has 0 rings (SSSR count). The Hall–Kier alpha value is -0.363. The SMILES string of the molecule is CC(C)(C)[Si](C)(C)OCCCCCN=CC(F)(F)F. The highest BCUT2D eigenvalue weighted by Crippen LogP contribution is 2.36. The van der Waals surface area contributed by atoms with E-state index in [4.69, 9.17) is 4.43 Å².